The van der Waals surface area contributed by atoms with Gasteiger partial charge >= 0.3 is 5.84 Å². The van der Waals surface area contributed by atoms with Crippen LogP contribution in [0, 0.1) is 10.3 Å². The zero-order valence-corrected chi connectivity index (χ0v) is 12.7. The standard InChI is InChI=1S/C18H14N4O2/c19-17(20)13-5-1-11(2-6-13)15-9-10-16(24-15)12-3-7-14(8-4-12)18(21)22-23/h1-10,21H,(H3,19,20)/p+1. The summed E-state index contributed by atoms with van der Waals surface area (Å²) in [5.74, 6) is 1.39. The van der Waals surface area contributed by atoms with E-state index in [1.807, 2.05) is 36.4 Å². The largest absolute Gasteiger partial charge is 0.456 e. The molecule has 6 heteroatoms. The smallest absolute Gasteiger partial charge is 0.431 e. The topological polar surface area (TPSA) is 120 Å². The fourth-order valence-corrected chi connectivity index (χ4v) is 2.32. The van der Waals surface area contributed by atoms with Crippen LogP contribution in [0.15, 0.2) is 65.1 Å². The van der Waals surface area contributed by atoms with Gasteiger partial charge in [-0.3, -0.25) is 11.1 Å². The zero-order valence-electron chi connectivity index (χ0n) is 12.7. The Morgan fingerprint density at radius 1 is 0.792 bits per heavy atom. The lowest BCUT2D eigenvalue weighted by Gasteiger charge is -2.01. The monoisotopic (exact) mass is 319 g/mol. The van der Waals surface area contributed by atoms with E-state index in [1.165, 1.54) is 0 Å². The molecule has 3 rings (SSSR count). The molecule has 0 fully saturated rings. The van der Waals surface area contributed by atoms with Gasteiger partial charge in [-0.05, 0) is 24.3 Å². The van der Waals surface area contributed by atoms with Crippen LogP contribution in [-0.2, 0) is 0 Å². The van der Waals surface area contributed by atoms with Crippen LogP contribution >= 0.6 is 0 Å². The third-order valence-electron chi connectivity index (χ3n) is 3.65. The SMILES string of the molecule is N=C(N)c1ccc(-c2ccc(-c3ccc(C(N)=[N+]=O)cc3)o2)cc1. The number of nitrogen functional groups attached to an aromatic ring is 1. The first-order valence-corrected chi connectivity index (χ1v) is 7.20. The number of rotatable bonds is 4. The van der Waals surface area contributed by atoms with Gasteiger partial charge in [0, 0.05) is 21.6 Å². The van der Waals surface area contributed by atoms with Gasteiger partial charge in [-0.25, -0.2) is 0 Å². The molecule has 0 aliphatic rings. The van der Waals surface area contributed by atoms with Crippen LogP contribution in [-0.4, -0.2) is 11.7 Å². The molecular formula is C18H15N4O2+. The highest BCUT2D eigenvalue weighted by Gasteiger charge is 2.11. The van der Waals surface area contributed by atoms with Crippen LogP contribution in [0.4, 0.5) is 0 Å². The summed E-state index contributed by atoms with van der Waals surface area (Å²) in [5, 5.41) is 7.41. The third kappa shape index (κ3) is 2.95. The number of nitrogens with one attached hydrogen (secondary N) is 1. The van der Waals surface area contributed by atoms with Crippen LogP contribution in [0.1, 0.15) is 11.1 Å². The second kappa shape index (κ2) is 6.24. The van der Waals surface area contributed by atoms with Crippen molar-refractivity contribution < 1.29 is 4.42 Å². The molecule has 0 amide bonds. The molecular weight excluding hydrogens is 304 g/mol. The normalized spacial score (nSPS) is 10.2. The Morgan fingerprint density at radius 2 is 1.25 bits per heavy atom. The van der Waals surface area contributed by atoms with E-state index in [-0.39, 0.29) is 11.7 Å². The summed E-state index contributed by atoms with van der Waals surface area (Å²) >= 11 is 0. The summed E-state index contributed by atoms with van der Waals surface area (Å²) < 4.78 is 5.87. The summed E-state index contributed by atoms with van der Waals surface area (Å²) in [4.78, 5) is 13.2. The van der Waals surface area contributed by atoms with E-state index in [4.69, 9.17) is 21.3 Å². The summed E-state index contributed by atoms with van der Waals surface area (Å²) in [6.07, 6.45) is 0. The van der Waals surface area contributed by atoms with E-state index >= 15 is 0 Å². The number of hydrogen-bond donors (Lipinski definition) is 3. The van der Waals surface area contributed by atoms with Crippen molar-refractivity contribution >= 4 is 11.7 Å². The maximum Gasteiger partial charge on any atom is 0.431 e. The quantitative estimate of drug-likeness (QED) is 0.388. The Bertz CT molecular complexity index is 934. The molecule has 0 bridgehead atoms. The average molecular weight is 319 g/mol. The summed E-state index contributed by atoms with van der Waals surface area (Å²) in [5.41, 5.74) is 13.9. The highest BCUT2D eigenvalue weighted by Crippen LogP contribution is 2.28. The van der Waals surface area contributed by atoms with E-state index in [0.29, 0.717) is 22.6 Å². The predicted octanol–water partition coefficient (Wildman–Crippen LogP) is 2.44. The van der Waals surface area contributed by atoms with Crippen LogP contribution < -0.4 is 16.3 Å². The first kappa shape index (κ1) is 15.3. The van der Waals surface area contributed by atoms with Gasteiger partial charge in [-0.15, -0.1) is 0 Å². The first-order valence-electron chi connectivity index (χ1n) is 7.20. The molecule has 0 spiro atoms. The minimum Gasteiger partial charge on any atom is -0.456 e. The Morgan fingerprint density at radius 3 is 1.67 bits per heavy atom. The molecule has 0 unspecified atom stereocenters. The van der Waals surface area contributed by atoms with Gasteiger partial charge in [0.15, 0.2) is 0 Å². The first-order chi connectivity index (χ1) is 11.6. The molecule has 3 aromatic rings. The lowest BCUT2D eigenvalue weighted by atomic mass is 10.1. The molecule has 5 N–H and O–H groups in total. The summed E-state index contributed by atoms with van der Waals surface area (Å²) in [6.45, 7) is 0. The van der Waals surface area contributed by atoms with Crippen LogP contribution in [0.5, 0.6) is 0 Å². The maximum atomic E-state index is 10.4. The number of hydrogen-bond acceptors (Lipinski definition) is 3. The molecule has 1 aromatic heterocycles. The maximum absolute atomic E-state index is 10.4. The third-order valence-corrected chi connectivity index (χ3v) is 3.65. The van der Waals surface area contributed by atoms with E-state index in [9.17, 15) is 4.91 Å². The Kier molecular flexibility index (Phi) is 3.97. The van der Waals surface area contributed by atoms with Gasteiger partial charge < -0.3 is 10.2 Å². The minimum absolute atomic E-state index is 0.0302. The second-order valence-corrected chi connectivity index (χ2v) is 5.21. The van der Waals surface area contributed by atoms with Crippen molar-refractivity contribution in [3.8, 4) is 22.6 Å². The number of nitrogens with zero attached hydrogens (tertiary/aromatic N) is 1. The van der Waals surface area contributed by atoms with Crippen LogP contribution in [0.3, 0.4) is 0 Å². The van der Waals surface area contributed by atoms with E-state index in [0.717, 1.165) is 11.1 Å². The number of nitroso groups, excluding NO2 is 1. The van der Waals surface area contributed by atoms with Crippen molar-refractivity contribution in [3.05, 3.63) is 76.7 Å². The highest BCUT2D eigenvalue weighted by atomic mass is 16.3. The van der Waals surface area contributed by atoms with Crippen molar-refractivity contribution in [1.82, 2.24) is 4.85 Å². The van der Waals surface area contributed by atoms with Crippen molar-refractivity contribution in [2.45, 2.75) is 0 Å². The molecule has 6 nitrogen and oxygen atoms in total. The highest BCUT2D eigenvalue weighted by molar-refractivity contribution is 5.96. The van der Waals surface area contributed by atoms with Gasteiger partial charge in [-0.2, -0.15) is 0 Å². The Hall–Kier alpha value is -3.63. The van der Waals surface area contributed by atoms with Crippen LogP contribution in [0.2, 0.25) is 0 Å². The molecule has 0 atom stereocenters. The zero-order chi connectivity index (χ0) is 17.1. The van der Waals surface area contributed by atoms with Crippen molar-refractivity contribution in [2.75, 3.05) is 0 Å². The van der Waals surface area contributed by atoms with Gasteiger partial charge in [0.05, 0.1) is 10.4 Å². The van der Waals surface area contributed by atoms with Gasteiger partial charge in [0.2, 0.25) is 0 Å². The van der Waals surface area contributed by atoms with E-state index in [2.05, 4.69) is 4.85 Å². The van der Waals surface area contributed by atoms with E-state index < -0.39 is 0 Å². The Balaban J connectivity index is 1.87. The van der Waals surface area contributed by atoms with Gasteiger partial charge in [0.1, 0.15) is 17.4 Å². The summed E-state index contributed by atoms with van der Waals surface area (Å²) in [6, 6.07) is 18.1. The molecule has 0 radical (unpaired) electrons. The summed E-state index contributed by atoms with van der Waals surface area (Å²) in [7, 11) is 0. The van der Waals surface area contributed by atoms with Crippen LogP contribution in [0.25, 0.3) is 22.6 Å². The number of amidine groups is 2. The average Bonchev–Trinajstić information content (AvgIpc) is 3.11. The van der Waals surface area contributed by atoms with E-state index in [1.54, 1.807) is 24.3 Å². The molecule has 118 valence electrons. The second-order valence-electron chi connectivity index (χ2n) is 5.21. The fraction of sp³-hybridized carbons (Fsp3) is 0. The molecule has 2 aromatic carbocycles. The van der Waals surface area contributed by atoms with Crippen molar-refractivity contribution in [2.24, 2.45) is 11.5 Å². The molecule has 24 heavy (non-hydrogen) atoms. The molecule has 0 aliphatic heterocycles. The number of furan rings is 1. The number of nitrogens with two attached hydrogens (primary N) is 2. The van der Waals surface area contributed by atoms with Crippen molar-refractivity contribution in [3.63, 3.8) is 0 Å². The molecule has 1 heterocycles. The lowest BCUT2D eigenvalue weighted by Crippen LogP contribution is -2.15. The molecule has 0 saturated carbocycles. The number of benzene rings is 2. The molecule has 0 aliphatic carbocycles. The van der Waals surface area contributed by atoms with Crippen molar-refractivity contribution in [1.29, 1.82) is 5.41 Å². The van der Waals surface area contributed by atoms with Gasteiger partial charge in [-0.1, -0.05) is 36.4 Å². The minimum atomic E-state index is -0.0488. The molecule has 0 saturated heterocycles. The fourth-order valence-electron chi connectivity index (χ4n) is 2.32. The predicted molar refractivity (Wildman–Crippen MR) is 94.4 cm³/mol. The van der Waals surface area contributed by atoms with Gasteiger partial charge in [0.25, 0.3) is 0 Å². The lowest BCUT2D eigenvalue weighted by molar-refractivity contribution is 0.597. The Labute approximate surface area is 137 Å².